The molecule has 0 spiro atoms. The summed E-state index contributed by atoms with van der Waals surface area (Å²) in [5.41, 5.74) is 0.393. The predicted molar refractivity (Wildman–Crippen MR) is 73.8 cm³/mol. The second-order valence-electron chi connectivity index (χ2n) is 4.29. The Kier molecular flexibility index (Phi) is 12.6. The van der Waals surface area contributed by atoms with E-state index in [4.69, 9.17) is 0 Å². The van der Waals surface area contributed by atoms with Crippen molar-refractivity contribution in [2.75, 3.05) is 0 Å². The molecule has 0 atom stereocenters. The van der Waals surface area contributed by atoms with Crippen molar-refractivity contribution in [3.8, 4) is 0 Å². The molecular formula is C15H32O. The Bertz CT molecular complexity index is 155. The molecule has 0 bridgehead atoms. The third kappa shape index (κ3) is 7.03. The zero-order valence-corrected chi connectivity index (χ0v) is 12.4. The molecule has 0 radical (unpaired) electrons. The Labute approximate surface area is 103 Å². The van der Waals surface area contributed by atoms with E-state index in [0.29, 0.717) is 11.2 Å². The van der Waals surface area contributed by atoms with Crippen molar-refractivity contribution in [1.29, 1.82) is 0 Å². The highest BCUT2D eigenvalue weighted by atomic mass is 16.1. The molecule has 1 heteroatoms. The Morgan fingerprint density at radius 1 is 1.00 bits per heavy atom. The van der Waals surface area contributed by atoms with Crippen molar-refractivity contribution >= 4 is 5.78 Å². The predicted octanol–water partition coefficient (Wildman–Crippen LogP) is 5.38. The first kappa shape index (κ1) is 18.0. The van der Waals surface area contributed by atoms with E-state index in [1.165, 1.54) is 38.5 Å². The zero-order valence-electron chi connectivity index (χ0n) is 12.4. The van der Waals surface area contributed by atoms with Crippen LogP contribution in [-0.2, 0) is 4.79 Å². The number of ketones is 1. The van der Waals surface area contributed by atoms with Crippen LogP contribution in [0.3, 0.4) is 0 Å². The molecule has 0 N–H and O–H groups in total. The van der Waals surface area contributed by atoms with Gasteiger partial charge in [0.1, 0.15) is 5.78 Å². The van der Waals surface area contributed by atoms with Gasteiger partial charge in [0.15, 0.2) is 0 Å². The minimum absolute atomic E-state index is 0.374. The van der Waals surface area contributed by atoms with E-state index in [9.17, 15) is 4.79 Å². The van der Waals surface area contributed by atoms with E-state index in [1.54, 1.807) is 6.92 Å². The standard InChI is InChI=1S/C11H20O.2C2H6/c1-3-11(9-10(2)12)7-5-4-6-8-11;2*1-2/h3-9H2,1-2H3;2*1-2H3. The molecule has 0 aromatic rings. The minimum atomic E-state index is 0.374. The minimum Gasteiger partial charge on any atom is -0.300 e. The molecule has 16 heavy (non-hydrogen) atoms. The van der Waals surface area contributed by atoms with Gasteiger partial charge in [-0.15, -0.1) is 0 Å². The maximum atomic E-state index is 11.1. The van der Waals surface area contributed by atoms with Crippen LogP contribution in [0, 0.1) is 5.41 Å². The zero-order chi connectivity index (χ0) is 13.0. The fourth-order valence-corrected chi connectivity index (χ4v) is 2.49. The average molecular weight is 228 g/mol. The molecule has 98 valence electrons. The van der Waals surface area contributed by atoms with E-state index < -0.39 is 0 Å². The second kappa shape index (κ2) is 11.2. The summed E-state index contributed by atoms with van der Waals surface area (Å²) in [5.74, 6) is 0.374. The molecular weight excluding hydrogens is 196 g/mol. The van der Waals surface area contributed by atoms with E-state index in [1.807, 2.05) is 27.7 Å². The van der Waals surface area contributed by atoms with Gasteiger partial charge in [0, 0.05) is 6.42 Å². The molecule has 1 fully saturated rings. The fourth-order valence-electron chi connectivity index (χ4n) is 2.49. The van der Waals surface area contributed by atoms with Gasteiger partial charge in [0.2, 0.25) is 0 Å². The van der Waals surface area contributed by atoms with Crippen molar-refractivity contribution in [2.24, 2.45) is 5.41 Å². The maximum Gasteiger partial charge on any atom is 0.130 e. The quantitative estimate of drug-likeness (QED) is 0.634. The number of rotatable bonds is 3. The normalized spacial score (nSPS) is 17.4. The van der Waals surface area contributed by atoms with Gasteiger partial charge in [-0.2, -0.15) is 0 Å². The van der Waals surface area contributed by atoms with Crippen molar-refractivity contribution < 1.29 is 4.79 Å². The van der Waals surface area contributed by atoms with Crippen LogP contribution >= 0.6 is 0 Å². The lowest BCUT2D eigenvalue weighted by molar-refractivity contribution is -0.119. The fraction of sp³-hybridized carbons (Fsp3) is 0.933. The number of hydrogen-bond acceptors (Lipinski definition) is 1. The molecule has 0 aromatic carbocycles. The van der Waals surface area contributed by atoms with Crippen molar-refractivity contribution in [3.63, 3.8) is 0 Å². The molecule has 0 heterocycles. The average Bonchev–Trinajstić information content (AvgIpc) is 2.34. The van der Waals surface area contributed by atoms with Gasteiger partial charge in [0.25, 0.3) is 0 Å². The van der Waals surface area contributed by atoms with E-state index >= 15 is 0 Å². The molecule has 0 aliphatic heterocycles. The van der Waals surface area contributed by atoms with Gasteiger partial charge < -0.3 is 4.79 Å². The smallest absolute Gasteiger partial charge is 0.130 e. The summed E-state index contributed by atoms with van der Waals surface area (Å²) in [5, 5.41) is 0. The van der Waals surface area contributed by atoms with E-state index in [-0.39, 0.29) is 0 Å². The first-order valence-corrected chi connectivity index (χ1v) is 7.18. The summed E-state index contributed by atoms with van der Waals surface area (Å²) in [6.07, 6.45) is 8.62. The highest BCUT2D eigenvalue weighted by molar-refractivity contribution is 5.76. The number of carbonyl (C=O) groups is 1. The van der Waals surface area contributed by atoms with Crippen LogP contribution in [0.5, 0.6) is 0 Å². The van der Waals surface area contributed by atoms with Crippen molar-refractivity contribution in [2.45, 2.75) is 86.5 Å². The van der Waals surface area contributed by atoms with Crippen LogP contribution in [0.1, 0.15) is 86.5 Å². The first-order valence-electron chi connectivity index (χ1n) is 7.18. The van der Waals surface area contributed by atoms with Gasteiger partial charge in [-0.25, -0.2) is 0 Å². The summed E-state index contributed by atoms with van der Waals surface area (Å²) >= 11 is 0. The number of carbonyl (C=O) groups excluding carboxylic acids is 1. The SMILES string of the molecule is CC.CC.CCC1(CC(C)=O)CCCCC1. The van der Waals surface area contributed by atoms with Crippen molar-refractivity contribution in [1.82, 2.24) is 0 Å². The maximum absolute atomic E-state index is 11.1. The second-order valence-corrected chi connectivity index (χ2v) is 4.29. The molecule has 1 aliphatic rings. The van der Waals surface area contributed by atoms with Crippen LogP contribution in [0.4, 0.5) is 0 Å². The topological polar surface area (TPSA) is 17.1 Å². The molecule has 0 saturated heterocycles. The van der Waals surface area contributed by atoms with Gasteiger partial charge in [-0.1, -0.05) is 60.3 Å². The highest BCUT2D eigenvalue weighted by Crippen LogP contribution is 2.41. The van der Waals surface area contributed by atoms with Gasteiger partial charge in [-0.3, -0.25) is 0 Å². The van der Waals surface area contributed by atoms with Crippen molar-refractivity contribution in [3.05, 3.63) is 0 Å². The van der Waals surface area contributed by atoms with E-state index in [0.717, 1.165) is 6.42 Å². The summed E-state index contributed by atoms with van der Waals surface area (Å²) < 4.78 is 0. The molecule has 1 rings (SSSR count). The lowest BCUT2D eigenvalue weighted by atomic mass is 9.69. The van der Waals surface area contributed by atoms with Crippen LogP contribution in [0.2, 0.25) is 0 Å². The van der Waals surface area contributed by atoms with E-state index in [2.05, 4.69) is 6.92 Å². The Morgan fingerprint density at radius 3 is 1.75 bits per heavy atom. The third-order valence-corrected chi connectivity index (χ3v) is 3.29. The van der Waals surface area contributed by atoms with Gasteiger partial charge in [-0.05, 0) is 25.2 Å². The van der Waals surface area contributed by atoms with Crippen LogP contribution in [-0.4, -0.2) is 5.78 Å². The largest absolute Gasteiger partial charge is 0.300 e. The Hall–Kier alpha value is -0.330. The lowest BCUT2D eigenvalue weighted by Gasteiger charge is -2.35. The number of hydrogen-bond donors (Lipinski definition) is 0. The summed E-state index contributed by atoms with van der Waals surface area (Å²) in [7, 11) is 0. The number of Topliss-reactive ketones (excluding diaryl/α,β-unsaturated/α-hetero) is 1. The summed E-state index contributed by atoms with van der Waals surface area (Å²) in [6, 6.07) is 0. The summed E-state index contributed by atoms with van der Waals surface area (Å²) in [4.78, 5) is 11.1. The molecule has 1 nitrogen and oxygen atoms in total. The molecule has 0 amide bonds. The molecule has 0 aromatic heterocycles. The van der Waals surface area contributed by atoms with Crippen LogP contribution in [0.25, 0.3) is 0 Å². The highest BCUT2D eigenvalue weighted by Gasteiger charge is 2.30. The van der Waals surface area contributed by atoms with Gasteiger partial charge in [0.05, 0.1) is 0 Å². The van der Waals surface area contributed by atoms with Crippen LogP contribution in [0.15, 0.2) is 0 Å². The Morgan fingerprint density at radius 2 is 1.44 bits per heavy atom. The Balaban J connectivity index is 0. The monoisotopic (exact) mass is 228 g/mol. The van der Waals surface area contributed by atoms with Gasteiger partial charge >= 0.3 is 0 Å². The molecule has 1 aliphatic carbocycles. The summed E-state index contributed by atoms with van der Waals surface area (Å²) in [6.45, 7) is 12.0. The first-order chi connectivity index (χ1) is 7.68. The molecule has 1 saturated carbocycles. The molecule has 0 unspecified atom stereocenters. The lowest BCUT2D eigenvalue weighted by Crippen LogP contribution is -2.25. The van der Waals surface area contributed by atoms with Crippen LogP contribution < -0.4 is 0 Å². The third-order valence-electron chi connectivity index (χ3n) is 3.29.